The number of halogens is 1. The standard InChI is InChI=1S/C15H19ClN2O3/c16-12-3-1-2-4-13(12)17-11-14(19)18-7-5-15(6-8-18)20-9-10-21-15/h1-4,17H,5-11H2. The molecule has 0 aliphatic carbocycles. The van der Waals surface area contributed by atoms with E-state index in [1.165, 1.54) is 0 Å². The summed E-state index contributed by atoms with van der Waals surface area (Å²) in [7, 11) is 0. The Morgan fingerprint density at radius 3 is 2.57 bits per heavy atom. The minimum absolute atomic E-state index is 0.0720. The Labute approximate surface area is 129 Å². The molecule has 1 aromatic carbocycles. The van der Waals surface area contributed by atoms with E-state index in [1.807, 2.05) is 23.1 Å². The first kappa shape index (κ1) is 14.6. The molecule has 2 aliphatic rings. The summed E-state index contributed by atoms with van der Waals surface area (Å²) in [5.74, 6) is -0.366. The van der Waals surface area contributed by atoms with Crippen LogP contribution >= 0.6 is 11.6 Å². The molecular weight excluding hydrogens is 292 g/mol. The summed E-state index contributed by atoms with van der Waals surface area (Å²) in [6.45, 7) is 2.90. The van der Waals surface area contributed by atoms with Gasteiger partial charge in [-0.3, -0.25) is 4.79 Å². The van der Waals surface area contributed by atoms with Gasteiger partial charge in [0.1, 0.15) is 0 Å². The third-order valence-corrected chi connectivity index (χ3v) is 4.33. The zero-order valence-electron chi connectivity index (χ0n) is 11.8. The van der Waals surface area contributed by atoms with Gasteiger partial charge in [0.05, 0.1) is 30.5 Å². The SMILES string of the molecule is O=C(CNc1ccccc1Cl)N1CCC2(CC1)OCCO2. The molecule has 1 spiro atoms. The van der Waals surface area contributed by atoms with Crippen LogP contribution in [0, 0.1) is 0 Å². The van der Waals surface area contributed by atoms with Gasteiger partial charge in [-0.05, 0) is 12.1 Å². The van der Waals surface area contributed by atoms with Crippen molar-refractivity contribution in [3.63, 3.8) is 0 Å². The van der Waals surface area contributed by atoms with E-state index in [4.69, 9.17) is 21.1 Å². The summed E-state index contributed by atoms with van der Waals surface area (Å²) in [5, 5.41) is 3.71. The molecule has 0 unspecified atom stereocenters. The monoisotopic (exact) mass is 310 g/mol. The van der Waals surface area contributed by atoms with Crippen molar-refractivity contribution in [2.45, 2.75) is 18.6 Å². The Morgan fingerprint density at radius 1 is 1.24 bits per heavy atom. The van der Waals surface area contributed by atoms with Gasteiger partial charge in [-0.1, -0.05) is 23.7 Å². The summed E-state index contributed by atoms with van der Waals surface area (Å²) in [6.07, 6.45) is 1.48. The van der Waals surface area contributed by atoms with Gasteiger partial charge in [0.2, 0.25) is 5.91 Å². The summed E-state index contributed by atoms with van der Waals surface area (Å²) in [5.41, 5.74) is 0.781. The largest absolute Gasteiger partial charge is 0.375 e. The fourth-order valence-corrected chi connectivity index (χ4v) is 2.97. The lowest BCUT2D eigenvalue weighted by molar-refractivity contribution is -0.187. The molecule has 1 N–H and O–H groups in total. The van der Waals surface area contributed by atoms with Crippen LogP contribution < -0.4 is 5.32 Å². The number of piperidine rings is 1. The molecule has 2 fully saturated rings. The molecule has 0 atom stereocenters. The fourth-order valence-electron chi connectivity index (χ4n) is 2.77. The van der Waals surface area contributed by atoms with Crippen LogP contribution in [-0.4, -0.2) is 49.4 Å². The van der Waals surface area contributed by atoms with Gasteiger partial charge in [0, 0.05) is 25.9 Å². The lowest BCUT2D eigenvalue weighted by atomic mass is 10.0. The number of rotatable bonds is 3. The number of para-hydroxylation sites is 1. The maximum Gasteiger partial charge on any atom is 0.241 e. The van der Waals surface area contributed by atoms with Crippen molar-refractivity contribution in [1.29, 1.82) is 0 Å². The number of likely N-dealkylation sites (tertiary alicyclic amines) is 1. The minimum Gasteiger partial charge on any atom is -0.375 e. The van der Waals surface area contributed by atoms with Gasteiger partial charge in [0.25, 0.3) is 0 Å². The van der Waals surface area contributed by atoms with Crippen LogP contribution in [0.4, 0.5) is 5.69 Å². The van der Waals surface area contributed by atoms with E-state index in [1.54, 1.807) is 6.07 Å². The first-order valence-corrected chi connectivity index (χ1v) is 7.60. The van der Waals surface area contributed by atoms with E-state index in [2.05, 4.69) is 5.32 Å². The predicted molar refractivity (Wildman–Crippen MR) is 80.4 cm³/mol. The Kier molecular flexibility index (Phi) is 4.33. The number of hydrogen-bond donors (Lipinski definition) is 1. The van der Waals surface area contributed by atoms with Crippen LogP contribution in [-0.2, 0) is 14.3 Å². The van der Waals surface area contributed by atoms with Gasteiger partial charge in [-0.2, -0.15) is 0 Å². The van der Waals surface area contributed by atoms with Gasteiger partial charge in [-0.15, -0.1) is 0 Å². The van der Waals surface area contributed by atoms with Crippen molar-refractivity contribution < 1.29 is 14.3 Å². The molecule has 0 aromatic heterocycles. The molecule has 114 valence electrons. The number of anilines is 1. The van der Waals surface area contributed by atoms with Crippen molar-refractivity contribution in [3.8, 4) is 0 Å². The maximum atomic E-state index is 12.2. The van der Waals surface area contributed by atoms with Gasteiger partial charge >= 0.3 is 0 Å². The number of nitrogens with one attached hydrogen (secondary N) is 1. The first-order valence-electron chi connectivity index (χ1n) is 7.23. The minimum atomic E-state index is -0.438. The maximum absolute atomic E-state index is 12.2. The summed E-state index contributed by atoms with van der Waals surface area (Å²) in [4.78, 5) is 14.1. The molecule has 0 radical (unpaired) electrons. The van der Waals surface area contributed by atoms with Crippen molar-refractivity contribution in [3.05, 3.63) is 29.3 Å². The third-order valence-electron chi connectivity index (χ3n) is 4.00. The molecule has 0 bridgehead atoms. The second-order valence-corrected chi connectivity index (χ2v) is 5.73. The van der Waals surface area contributed by atoms with E-state index < -0.39 is 5.79 Å². The molecule has 2 heterocycles. The van der Waals surface area contributed by atoms with Crippen LogP contribution in [0.3, 0.4) is 0 Å². The number of benzene rings is 1. The van der Waals surface area contributed by atoms with Crippen LogP contribution in [0.1, 0.15) is 12.8 Å². The van der Waals surface area contributed by atoms with Crippen molar-refractivity contribution in [2.24, 2.45) is 0 Å². The van der Waals surface area contributed by atoms with E-state index in [0.29, 0.717) is 31.3 Å². The van der Waals surface area contributed by atoms with Crippen LogP contribution in [0.25, 0.3) is 0 Å². The third kappa shape index (κ3) is 3.31. The Morgan fingerprint density at radius 2 is 1.90 bits per heavy atom. The van der Waals surface area contributed by atoms with Crippen LogP contribution in [0.15, 0.2) is 24.3 Å². The molecule has 2 saturated heterocycles. The average Bonchev–Trinajstić information content (AvgIpc) is 2.95. The first-order chi connectivity index (χ1) is 10.2. The van der Waals surface area contributed by atoms with Crippen molar-refractivity contribution >= 4 is 23.2 Å². The number of nitrogens with zero attached hydrogens (tertiary/aromatic N) is 1. The second kappa shape index (κ2) is 6.22. The molecule has 1 amide bonds. The summed E-state index contributed by atoms with van der Waals surface area (Å²) >= 11 is 6.05. The number of carbonyl (C=O) groups excluding carboxylic acids is 1. The molecule has 5 nitrogen and oxygen atoms in total. The number of hydrogen-bond acceptors (Lipinski definition) is 4. The van der Waals surface area contributed by atoms with Crippen molar-refractivity contribution in [2.75, 3.05) is 38.2 Å². The van der Waals surface area contributed by atoms with Gasteiger partial charge in [-0.25, -0.2) is 0 Å². The molecular formula is C15H19ClN2O3. The Hall–Kier alpha value is -1.30. The number of amides is 1. The number of carbonyl (C=O) groups is 1. The highest BCUT2D eigenvalue weighted by Crippen LogP contribution is 2.31. The quantitative estimate of drug-likeness (QED) is 0.929. The van der Waals surface area contributed by atoms with Crippen LogP contribution in [0.2, 0.25) is 5.02 Å². The van der Waals surface area contributed by atoms with E-state index >= 15 is 0 Å². The highest BCUT2D eigenvalue weighted by molar-refractivity contribution is 6.33. The fraction of sp³-hybridized carbons (Fsp3) is 0.533. The topological polar surface area (TPSA) is 50.8 Å². The van der Waals surface area contributed by atoms with Gasteiger partial charge < -0.3 is 19.7 Å². The number of ether oxygens (including phenoxy) is 2. The van der Waals surface area contributed by atoms with Crippen molar-refractivity contribution in [1.82, 2.24) is 4.90 Å². The Bertz CT molecular complexity index is 507. The van der Waals surface area contributed by atoms with E-state index in [-0.39, 0.29) is 12.5 Å². The van der Waals surface area contributed by atoms with Crippen LogP contribution in [0.5, 0.6) is 0 Å². The van der Waals surface area contributed by atoms with Gasteiger partial charge in [0.15, 0.2) is 5.79 Å². The molecule has 0 saturated carbocycles. The normalized spacial score (nSPS) is 20.7. The van der Waals surface area contributed by atoms with E-state index in [0.717, 1.165) is 18.5 Å². The summed E-state index contributed by atoms with van der Waals surface area (Å²) in [6, 6.07) is 7.41. The summed E-state index contributed by atoms with van der Waals surface area (Å²) < 4.78 is 11.3. The second-order valence-electron chi connectivity index (χ2n) is 5.32. The predicted octanol–water partition coefficient (Wildman–Crippen LogP) is 2.12. The molecule has 3 rings (SSSR count). The van der Waals surface area contributed by atoms with E-state index in [9.17, 15) is 4.79 Å². The molecule has 21 heavy (non-hydrogen) atoms. The molecule has 6 heteroatoms. The zero-order valence-corrected chi connectivity index (χ0v) is 12.6. The smallest absolute Gasteiger partial charge is 0.241 e. The average molecular weight is 311 g/mol. The zero-order chi connectivity index (χ0) is 14.7. The molecule has 2 aliphatic heterocycles. The molecule has 1 aromatic rings. The highest BCUT2D eigenvalue weighted by atomic mass is 35.5. The lowest BCUT2D eigenvalue weighted by Crippen LogP contribution is -2.48. The lowest BCUT2D eigenvalue weighted by Gasteiger charge is -2.37. The highest BCUT2D eigenvalue weighted by Gasteiger charge is 2.40. The Balaban J connectivity index is 1.49.